The van der Waals surface area contributed by atoms with Crippen LogP contribution in [0.25, 0.3) is 10.6 Å². The number of rotatable bonds is 5. The standard InChI is InChI=1S/C13H16N2O2S/c1-3-4-7-15-8-10(13(16)17)12(14-15)11-6-5-9(2)18-11/h5-6,8H,3-4,7H2,1-2H3,(H,16,17). The second-order valence-corrected chi connectivity index (χ2v) is 5.51. The first-order chi connectivity index (χ1) is 8.61. The third-order valence-corrected chi connectivity index (χ3v) is 3.71. The molecule has 1 N–H and O–H groups in total. The molecule has 18 heavy (non-hydrogen) atoms. The van der Waals surface area contributed by atoms with Gasteiger partial charge in [0.1, 0.15) is 11.3 Å². The second-order valence-electron chi connectivity index (χ2n) is 4.22. The van der Waals surface area contributed by atoms with Gasteiger partial charge in [0.25, 0.3) is 0 Å². The quantitative estimate of drug-likeness (QED) is 0.900. The summed E-state index contributed by atoms with van der Waals surface area (Å²) in [5.74, 6) is -0.918. The molecule has 0 saturated heterocycles. The molecule has 2 heterocycles. The van der Waals surface area contributed by atoms with Crippen LogP contribution in [0.15, 0.2) is 18.3 Å². The van der Waals surface area contributed by atoms with Crippen molar-refractivity contribution >= 4 is 17.3 Å². The van der Waals surface area contributed by atoms with E-state index in [2.05, 4.69) is 12.0 Å². The Morgan fingerprint density at radius 3 is 2.83 bits per heavy atom. The molecule has 0 aliphatic carbocycles. The Labute approximate surface area is 110 Å². The fourth-order valence-corrected chi connectivity index (χ4v) is 2.62. The van der Waals surface area contributed by atoms with E-state index in [9.17, 15) is 9.90 Å². The van der Waals surface area contributed by atoms with E-state index in [0.717, 1.165) is 29.1 Å². The average molecular weight is 264 g/mol. The first-order valence-corrected chi connectivity index (χ1v) is 6.81. The van der Waals surface area contributed by atoms with Crippen LogP contribution in [0.2, 0.25) is 0 Å². The number of aryl methyl sites for hydroxylation is 2. The summed E-state index contributed by atoms with van der Waals surface area (Å²) in [4.78, 5) is 13.3. The van der Waals surface area contributed by atoms with Gasteiger partial charge in [-0.1, -0.05) is 13.3 Å². The number of aromatic nitrogens is 2. The highest BCUT2D eigenvalue weighted by atomic mass is 32.1. The fraction of sp³-hybridized carbons (Fsp3) is 0.385. The maximum atomic E-state index is 11.2. The van der Waals surface area contributed by atoms with Crippen LogP contribution in [0.5, 0.6) is 0 Å². The van der Waals surface area contributed by atoms with Crippen molar-refractivity contribution in [3.05, 3.63) is 28.8 Å². The lowest BCUT2D eigenvalue weighted by Crippen LogP contribution is -1.98. The molecule has 0 aliphatic heterocycles. The van der Waals surface area contributed by atoms with Gasteiger partial charge in [-0.25, -0.2) is 4.79 Å². The normalized spacial score (nSPS) is 10.8. The molecule has 5 heteroatoms. The van der Waals surface area contributed by atoms with E-state index < -0.39 is 5.97 Å². The van der Waals surface area contributed by atoms with Crippen molar-refractivity contribution in [1.29, 1.82) is 0 Å². The lowest BCUT2D eigenvalue weighted by molar-refractivity contribution is 0.0697. The van der Waals surface area contributed by atoms with Crippen molar-refractivity contribution in [2.75, 3.05) is 0 Å². The molecule has 0 saturated carbocycles. The van der Waals surface area contributed by atoms with E-state index in [1.165, 1.54) is 0 Å². The zero-order valence-electron chi connectivity index (χ0n) is 10.5. The molecule has 4 nitrogen and oxygen atoms in total. The molecule has 0 radical (unpaired) electrons. The van der Waals surface area contributed by atoms with Gasteiger partial charge in [0.2, 0.25) is 0 Å². The van der Waals surface area contributed by atoms with Crippen LogP contribution in [0.1, 0.15) is 35.0 Å². The lowest BCUT2D eigenvalue weighted by atomic mass is 10.2. The van der Waals surface area contributed by atoms with Gasteiger partial charge in [-0.05, 0) is 25.5 Å². The number of aromatic carboxylic acids is 1. The third-order valence-electron chi connectivity index (χ3n) is 2.71. The summed E-state index contributed by atoms with van der Waals surface area (Å²) >= 11 is 1.57. The van der Waals surface area contributed by atoms with Crippen LogP contribution in [0.4, 0.5) is 0 Å². The van der Waals surface area contributed by atoms with Gasteiger partial charge in [-0.15, -0.1) is 11.3 Å². The zero-order valence-corrected chi connectivity index (χ0v) is 11.3. The Hall–Kier alpha value is -1.62. The minimum absolute atomic E-state index is 0.285. The predicted molar refractivity (Wildman–Crippen MR) is 72.1 cm³/mol. The summed E-state index contributed by atoms with van der Waals surface area (Å²) in [6, 6.07) is 3.91. The molecule has 0 spiro atoms. The molecule has 0 amide bonds. The monoisotopic (exact) mass is 264 g/mol. The van der Waals surface area contributed by atoms with E-state index in [1.54, 1.807) is 22.2 Å². The Morgan fingerprint density at radius 2 is 2.28 bits per heavy atom. The summed E-state index contributed by atoms with van der Waals surface area (Å²) in [6.45, 7) is 4.87. The number of hydrogen-bond donors (Lipinski definition) is 1. The van der Waals surface area contributed by atoms with Crippen molar-refractivity contribution in [2.45, 2.75) is 33.2 Å². The topological polar surface area (TPSA) is 55.1 Å². The van der Waals surface area contributed by atoms with Crippen LogP contribution in [0, 0.1) is 6.92 Å². The number of thiophene rings is 1. The smallest absolute Gasteiger partial charge is 0.339 e. The Balaban J connectivity index is 2.38. The Bertz CT molecular complexity index is 557. The van der Waals surface area contributed by atoms with Crippen LogP contribution in [-0.2, 0) is 6.54 Å². The van der Waals surface area contributed by atoms with Crippen LogP contribution < -0.4 is 0 Å². The number of nitrogens with zero attached hydrogens (tertiary/aromatic N) is 2. The molecule has 0 aromatic carbocycles. The van der Waals surface area contributed by atoms with Gasteiger partial charge in [-0.2, -0.15) is 5.10 Å². The van der Waals surface area contributed by atoms with Crippen molar-refractivity contribution in [1.82, 2.24) is 9.78 Å². The number of hydrogen-bond acceptors (Lipinski definition) is 3. The van der Waals surface area contributed by atoms with Crippen LogP contribution in [-0.4, -0.2) is 20.9 Å². The molecule has 0 aliphatic rings. The molecule has 0 fully saturated rings. The molecule has 96 valence electrons. The summed E-state index contributed by atoms with van der Waals surface area (Å²) in [5.41, 5.74) is 0.865. The molecule has 2 aromatic heterocycles. The van der Waals surface area contributed by atoms with Crippen molar-refractivity contribution < 1.29 is 9.90 Å². The van der Waals surface area contributed by atoms with E-state index in [-0.39, 0.29) is 5.56 Å². The maximum Gasteiger partial charge on any atom is 0.339 e. The highest BCUT2D eigenvalue weighted by Gasteiger charge is 2.18. The summed E-state index contributed by atoms with van der Waals surface area (Å²) in [6.07, 6.45) is 3.70. The Kier molecular flexibility index (Phi) is 3.81. The summed E-state index contributed by atoms with van der Waals surface area (Å²) < 4.78 is 1.73. The molecule has 0 atom stereocenters. The predicted octanol–water partition coefficient (Wildman–Crippen LogP) is 3.42. The molecular formula is C13H16N2O2S. The first kappa shape index (κ1) is 12.8. The van der Waals surface area contributed by atoms with Gasteiger partial charge in [-0.3, -0.25) is 4.68 Å². The molecular weight excluding hydrogens is 248 g/mol. The van der Waals surface area contributed by atoms with Gasteiger partial charge in [0.05, 0.1) is 4.88 Å². The highest BCUT2D eigenvalue weighted by molar-refractivity contribution is 7.15. The Morgan fingerprint density at radius 1 is 1.50 bits per heavy atom. The van der Waals surface area contributed by atoms with Gasteiger partial charge >= 0.3 is 5.97 Å². The van der Waals surface area contributed by atoms with Gasteiger partial charge in [0, 0.05) is 17.6 Å². The van der Waals surface area contributed by atoms with Gasteiger partial charge in [0.15, 0.2) is 0 Å². The van der Waals surface area contributed by atoms with Crippen molar-refractivity contribution in [2.24, 2.45) is 0 Å². The molecule has 2 rings (SSSR count). The SMILES string of the molecule is CCCCn1cc(C(=O)O)c(-c2ccc(C)s2)n1. The number of carbonyl (C=O) groups is 1. The number of carboxylic acid groups (broad SMARTS) is 1. The van der Waals surface area contributed by atoms with Crippen molar-refractivity contribution in [3.8, 4) is 10.6 Å². The molecule has 0 unspecified atom stereocenters. The minimum atomic E-state index is -0.918. The summed E-state index contributed by atoms with van der Waals surface area (Å²) in [7, 11) is 0. The summed E-state index contributed by atoms with van der Waals surface area (Å²) in [5, 5.41) is 13.6. The largest absolute Gasteiger partial charge is 0.478 e. The van der Waals surface area contributed by atoms with E-state index in [4.69, 9.17) is 0 Å². The number of unbranched alkanes of at least 4 members (excludes halogenated alkanes) is 1. The average Bonchev–Trinajstić information content (AvgIpc) is 2.92. The lowest BCUT2D eigenvalue weighted by Gasteiger charge is -1.97. The molecule has 2 aromatic rings. The van der Waals surface area contributed by atoms with Gasteiger partial charge < -0.3 is 5.11 Å². The third kappa shape index (κ3) is 2.61. The first-order valence-electron chi connectivity index (χ1n) is 5.99. The minimum Gasteiger partial charge on any atom is -0.478 e. The fourth-order valence-electron chi connectivity index (χ4n) is 1.76. The maximum absolute atomic E-state index is 11.2. The van der Waals surface area contributed by atoms with Crippen molar-refractivity contribution in [3.63, 3.8) is 0 Å². The van der Waals surface area contributed by atoms with Crippen LogP contribution in [0.3, 0.4) is 0 Å². The van der Waals surface area contributed by atoms with E-state index in [1.807, 2.05) is 19.1 Å². The second kappa shape index (κ2) is 5.35. The van der Waals surface area contributed by atoms with E-state index in [0.29, 0.717) is 5.69 Å². The highest BCUT2D eigenvalue weighted by Crippen LogP contribution is 2.29. The van der Waals surface area contributed by atoms with Crippen LogP contribution >= 0.6 is 11.3 Å². The van der Waals surface area contributed by atoms with E-state index >= 15 is 0 Å². The number of carboxylic acids is 1. The molecule has 0 bridgehead atoms. The zero-order chi connectivity index (χ0) is 13.1.